The van der Waals surface area contributed by atoms with Gasteiger partial charge in [-0.05, 0) is 23.3 Å². The standard InChI is InChI=1S/C18H23NO4/c1-22-18-11-14(7-8-17(18)23-10-9-20)12-19-13-16(21)15-5-3-2-4-6-15/h2-8,11,16,19-21H,9-10,12-13H2,1H3/t16-/m1/s1. The summed E-state index contributed by atoms with van der Waals surface area (Å²) >= 11 is 0. The summed E-state index contributed by atoms with van der Waals surface area (Å²) < 4.78 is 10.7. The van der Waals surface area contributed by atoms with Crippen LogP contribution in [0.4, 0.5) is 0 Å². The highest BCUT2D eigenvalue weighted by atomic mass is 16.5. The van der Waals surface area contributed by atoms with E-state index in [0.29, 0.717) is 24.6 Å². The normalized spacial score (nSPS) is 12.0. The highest BCUT2D eigenvalue weighted by Crippen LogP contribution is 2.28. The summed E-state index contributed by atoms with van der Waals surface area (Å²) in [5, 5.41) is 22.1. The summed E-state index contributed by atoms with van der Waals surface area (Å²) in [4.78, 5) is 0. The molecule has 0 radical (unpaired) electrons. The molecule has 0 aliphatic carbocycles. The first-order valence-electron chi connectivity index (χ1n) is 7.59. The molecule has 0 heterocycles. The lowest BCUT2D eigenvalue weighted by atomic mass is 10.1. The van der Waals surface area contributed by atoms with Crippen LogP contribution in [0.15, 0.2) is 48.5 Å². The lowest BCUT2D eigenvalue weighted by Crippen LogP contribution is -2.21. The molecule has 2 rings (SSSR count). The first-order chi connectivity index (χ1) is 11.2. The molecule has 0 fully saturated rings. The third kappa shape index (κ3) is 5.25. The van der Waals surface area contributed by atoms with Crippen molar-refractivity contribution in [3.05, 3.63) is 59.7 Å². The minimum Gasteiger partial charge on any atom is -0.493 e. The van der Waals surface area contributed by atoms with Gasteiger partial charge in [-0.25, -0.2) is 0 Å². The number of benzene rings is 2. The van der Waals surface area contributed by atoms with E-state index in [1.165, 1.54) is 0 Å². The predicted molar refractivity (Wildman–Crippen MR) is 88.7 cm³/mol. The Morgan fingerprint density at radius 1 is 1.09 bits per heavy atom. The Morgan fingerprint density at radius 2 is 1.87 bits per heavy atom. The molecule has 3 N–H and O–H groups in total. The summed E-state index contributed by atoms with van der Waals surface area (Å²) in [7, 11) is 1.58. The van der Waals surface area contributed by atoms with E-state index < -0.39 is 6.10 Å². The minimum absolute atomic E-state index is 0.0379. The second-order valence-electron chi connectivity index (χ2n) is 5.11. The molecule has 0 aliphatic rings. The van der Waals surface area contributed by atoms with Crippen molar-refractivity contribution in [1.29, 1.82) is 0 Å². The van der Waals surface area contributed by atoms with Gasteiger partial charge < -0.3 is 25.0 Å². The summed E-state index contributed by atoms with van der Waals surface area (Å²) in [6, 6.07) is 15.2. The molecule has 5 nitrogen and oxygen atoms in total. The van der Waals surface area contributed by atoms with Crippen LogP contribution in [0.5, 0.6) is 11.5 Å². The van der Waals surface area contributed by atoms with Crippen molar-refractivity contribution in [2.45, 2.75) is 12.6 Å². The van der Waals surface area contributed by atoms with Crippen LogP contribution < -0.4 is 14.8 Å². The van der Waals surface area contributed by atoms with E-state index in [1.54, 1.807) is 7.11 Å². The quantitative estimate of drug-likeness (QED) is 0.659. The molecule has 2 aromatic rings. The SMILES string of the molecule is COc1cc(CNC[C@@H](O)c2ccccc2)ccc1OCCO. The average Bonchev–Trinajstić information content (AvgIpc) is 2.61. The predicted octanol–water partition coefficient (Wildman–Crippen LogP) is 1.89. The molecule has 0 unspecified atom stereocenters. The van der Waals surface area contributed by atoms with E-state index in [0.717, 1.165) is 11.1 Å². The van der Waals surface area contributed by atoms with Crippen molar-refractivity contribution in [1.82, 2.24) is 5.32 Å². The van der Waals surface area contributed by atoms with Gasteiger partial charge in [0.2, 0.25) is 0 Å². The molecule has 0 amide bonds. The number of hydrogen-bond donors (Lipinski definition) is 3. The van der Waals surface area contributed by atoms with Crippen LogP contribution in [0.3, 0.4) is 0 Å². The van der Waals surface area contributed by atoms with E-state index in [1.807, 2.05) is 48.5 Å². The fourth-order valence-corrected chi connectivity index (χ4v) is 2.24. The van der Waals surface area contributed by atoms with Crippen molar-refractivity contribution in [2.75, 3.05) is 26.9 Å². The summed E-state index contributed by atoms with van der Waals surface area (Å²) in [5.74, 6) is 1.23. The van der Waals surface area contributed by atoms with Crippen LogP contribution in [0.2, 0.25) is 0 Å². The monoisotopic (exact) mass is 317 g/mol. The van der Waals surface area contributed by atoms with Gasteiger partial charge in [0.15, 0.2) is 11.5 Å². The largest absolute Gasteiger partial charge is 0.493 e. The van der Waals surface area contributed by atoms with E-state index in [4.69, 9.17) is 14.6 Å². The number of rotatable bonds is 9. The van der Waals surface area contributed by atoms with Gasteiger partial charge in [0.05, 0.1) is 19.8 Å². The number of aliphatic hydroxyl groups is 2. The second kappa shape index (κ2) is 9.15. The van der Waals surface area contributed by atoms with Crippen molar-refractivity contribution in [2.24, 2.45) is 0 Å². The minimum atomic E-state index is -0.537. The van der Waals surface area contributed by atoms with Gasteiger partial charge in [-0.3, -0.25) is 0 Å². The number of hydrogen-bond acceptors (Lipinski definition) is 5. The lowest BCUT2D eigenvalue weighted by molar-refractivity contribution is 0.174. The zero-order valence-corrected chi connectivity index (χ0v) is 13.2. The third-order valence-corrected chi connectivity index (χ3v) is 3.43. The van der Waals surface area contributed by atoms with Crippen molar-refractivity contribution in [3.63, 3.8) is 0 Å². The Labute approximate surface area is 136 Å². The first-order valence-corrected chi connectivity index (χ1v) is 7.59. The molecule has 2 aromatic carbocycles. The van der Waals surface area contributed by atoms with Crippen molar-refractivity contribution in [3.8, 4) is 11.5 Å². The smallest absolute Gasteiger partial charge is 0.161 e. The van der Waals surface area contributed by atoms with Crippen molar-refractivity contribution >= 4 is 0 Å². The highest BCUT2D eigenvalue weighted by molar-refractivity contribution is 5.43. The van der Waals surface area contributed by atoms with Gasteiger partial charge in [0.25, 0.3) is 0 Å². The maximum Gasteiger partial charge on any atom is 0.161 e. The Kier molecular flexibility index (Phi) is 6.87. The fraction of sp³-hybridized carbons (Fsp3) is 0.333. The van der Waals surface area contributed by atoms with Gasteiger partial charge in [-0.15, -0.1) is 0 Å². The van der Waals surface area contributed by atoms with Crippen molar-refractivity contribution < 1.29 is 19.7 Å². The van der Waals surface area contributed by atoms with Gasteiger partial charge >= 0.3 is 0 Å². The molecule has 0 aromatic heterocycles. The summed E-state index contributed by atoms with van der Waals surface area (Å²) in [6.45, 7) is 1.27. The molecule has 1 atom stereocenters. The van der Waals surface area contributed by atoms with Crippen LogP contribution in [-0.2, 0) is 6.54 Å². The second-order valence-corrected chi connectivity index (χ2v) is 5.11. The van der Waals surface area contributed by atoms with Gasteiger partial charge in [0.1, 0.15) is 6.61 Å². The van der Waals surface area contributed by atoms with Crippen LogP contribution in [0, 0.1) is 0 Å². The first kappa shape index (κ1) is 17.3. The molecule has 0 bridgehead atoms. The van der Waals surface area contributed by atoms with E-state index in [-0.39, 0.29) is 13.2 Å². The van der Waals surface area contributed by atoms with Crippen LogP contribution in [0.1, 0.15) is 17.2 Å². The van der Waals surface area contributed by atoms with Gasteiger partial charge in [-0.2, -0.15) is 0 Å². The maximum atomic E-state index is 10.1. The number of aliphatic hydroxyl groups excluding tert-OH is 2. The van der Waals surface area contributed by atoms with Crippen LogP contribution in [-0.4, -0.2) is 37.1 Å². The molecular weight excluding hydrogens is 294 g/mol. The molecule has 124 valence electrons. The highest BCUT2D eigenvalue weighted by Gasteiger charge is 2.08. The zero-order chi connectivity index (χ0) is 16.5. The Morgan fingerprint density at radius 3 is 2.57 bits per heavy atom. The Balaban J connectivity index is 1.88. The molecule has 23 heavy (non-hydrogen) atoms. The van der Waals surface area contributed by atoms with E-state index in [9.17, 15) is 5.11 Å². The third-order valence-electron chi connectivity index (χ3n) is 3.43. The average molecular weight is 317 g/mol. The van der Waals surface area contributed by atoms with Gasteiger partial charge in [-0.1, -0.05) is 36.4 Å². The molecule has 5 heteroatoms. The molecule has 0 saturated heterocycles. The Bertz CT molecular complexity index is 589. The molecule has 0 saturated carbocycles. The number of nitrogens with one attached hydrogen (secondary N) is 1. The maximum absolute atomic E-state index is 10.1. The molecular formula is C18H23NO4. The van der Waals surface area contributed by atoms with E-state index in [2.05, 4.69) is 5.32 Å². The molecule has 0 aliphatic heterocycles. The summed E-state index contributed by atoms with van der Waals surface area (Å²) in [6.07, 6.45) is -0.537. The topological polar surface area (TPSA) is 71.0 Å². The van der Waals surface area contributed by atoms with Crippen LogP contribution in [0.25, 0.3) is 0 Å². The number of ether oxygens (including phenoxy) is 2. The summed E-state index contributed by atoms with van der Waals surface area (Å²) in [5.41, 5.74) is 1.92. The molecule has 0 spiro atoms. The van der Waals surface area contributed by atoms with E-state index >= 15 is 0 Å². The van der Waals surface area contributed by atoms with Crippen LogP contribution >= 0.6 is 0 Å². The number of methoxy groups -OCH3 is 1. The lowest BCUT2D eigenvalue weighted by Gasteiger charge is -2.14. The van der Waals surface area contributed by atoms with Gasteiger partial charge in [0, 0.05) is 13.1 Å². The Hall–Kier alpha value is -2.08. The zero-order valence-electron chi connectivity index (χ0n) is 13.2. The fourth-order valence-electron chi connectivity index (χ4n) is 2.24.